The van der Waals surface area contributed by atoms with Crippen LogP contribution in [0, 0.1) is 0 Å². The molecule has 0 aliphatic heterocycles. The van der Waals surface area contributed by atoms with E-state index in [0.29, 0.717) is 5.69 Å². The number of rotatable bonds is 3. The number of anilines is 1. The van der Waals surface area contributed by atoms with E-state index in [1.54, 1.807) is 7.05 Å². The summed E-state index contributed by atoms with van der Waals surface area (Å²) in [6.45, 7) is 0. The van der Waals surface area contributed by atoms with Gasteiger partial charge in [-0.15, -0.1) is 0 Å². The summed E-state index contributed by atoms with van der Waals surface area (Å²) in [7, 11) is 1.65. The molecule has 6 heteroatoms. The molecule has 0 aliphatic carbocycles. The molecule has 0 aliphatic rings. The van der Waals surface area contributed by atoms with Gasteiger partial charge in [-0.3, -0.25) is 0 Å². The molecule has 1 atom stereocenters. The van der Waals surface area contributed by atoms with Gasteiger partial charge in [-0.1, -0.05) is 23.7 Å². The van der Waals surface area contributed by atoms with E-state index < -0.39 is 15.5 Å². The van der Waals surface area contributed by atoms with E-state index in [9.17, 15) is 13.2 Å². The van der Waals surface area contributed by atoms with E-state index in [2.05, 4.69) is 21.2 Å². The number of alkyl halides is 5. The van der Waals surface area contributed by atoms with Crippen molar-refractivity contribution in [3.05, 3.63) is 29.8 Å². The van der Waals surface area contributed by atoms with E-state index in [1.807, 2.05) is 0 Å². The highest BCUT2D eigenvalue weighted by molar-refractivity contribution is 9.10. The normalized spacial score (nSPS) is 15.9. The van der Waals surface area contributed by atoms with Gasteiger partial charge in [0.2, 0.25) is 0 Å². The van der Waals surface area contributed by atoms with Crippen molar-refractivity contribution in [3.8, 4) is 0 Å². The van der Waals surface area contributed by atoms with E-state index in [-0.39, 0.29) is 0 Å². The fourth-order valence-corrected chi connectivity index (χ4v) is 1.35. The minimum Gasteiger partial charge on any atom is -0.388 e. The SMILES string of the molecule is CNc1ccc(C(F)(F)C(F)(Cl)Br)cc1. The molecule has 0 saturated heterocycles. The van der Waals surface area contributed by atoms with E-state index in [1.165, 1.54) is 12.1 Å². The Hall–Kier alpha value is -0.420. The molecule has 0 radical (unpaired) electrons. The standard InChI is InChI=1S/C9H8BrClF3N/c1-15-7-4-2-6(3-5-7)8(12,13)9(10,11)14/h2-5,15H,1H3. The van der Waals surface area contributed by atoms with Crippen LogP contribution in [0.3, 0.4) is 0 Å². The Kier molecular flexibility index (Phi) is 3.55. The van der Waals surface area contributed by atoms with Crippen LogP contribution in [0.2, 0.25) is 0 Å². The molecule has 1 N–H and O–H groups in total. The number of benzene rings is 1. The Morgan fingerprint density at radius 1 is 1.20 bits per heavy atom. The molecule has 0 fully saturated rings. The number of halogens is 5. The van der Waals surface area contributed by atoms with Crippen molar-refractivity contribution in [3.63, 3.8) is 0 Å². The number of nitrogens with one attached hydrogen (secondary N) is 1. The summed E-state index contributed by atoms with van der Waals surface area (Å²) in [5.74, 6) is -3.79. The summed E-state index contributed by atoms with van der Waals surface area (Å²) in [5.41, 5.74) is 0.166. The molecule has 15 heavy (non-hydrogen) atoms. The Labute approximate surface area is 98.7 Å². The van der Waals surface area contributed by atoms with Crippen LogP contribution in [-0.4, -0.2) is 11.1 Å². The Morgan fingerprint density at radius 2 is 1.67 bits per heavy atom. The van der Waals surface area contributed by atoms with Gasteiger partial charge >= 0.3 is 9.96 Å². The van der Waals surface area contributed by atoms with Gasteiger partial charge in [0.05, 0.1) is 0 Å². The summed E-state index contributed by atoms with van der Waals surface area (Å²) < 4.78 is 36.3. The van der Waals surface area contributed by atoms with Gasteiger partial charge < -0.3 is 5.32 Å². The first-order chi connectivity index (χ1) is 6.79. The molecule has 1 rings (SSSR count). The van der Waals surface area contributed by atoms with Gasteiger partial charge in [-0.2, -0.15) is 8.78 Å². The highest BCUT2D eigenvalue weighted by Gasteiger charge is 2.53. The minimum absolute atomic E-state index is 0.490. The maximum atomic E-state index is 13.3. The first kappa shape index (κ1) is 12.6. The molecule has 0 amide bonds. The molecule has 0 heterocycles. The van der Waals surface area contributed by atoms with Gasteiger partial charge in [0.1, 0.15) is 0 Å². The third-order valence-electron chi connectivity index (χ3n) is 1.89. The zero-order valence-corrected chi connectivity index (χ0v) is 10.0. The van der Waals surface area contributed by atoms with E-state index in [4.69, 9.17) is 11.6 Å². The molecule has 0 saturated carbocycles. The molecule has 1 aromatic carbocycles. The zero-order chi connectivity index (χ0) is 11.7. The lowest BCUT2D eigenvalue weighted by Crippen LogP contribution is -2.31. The second kappa shape index (κ2) is 4.22. The average molecular weight is 303 g/mol. The topological polar surface area (TPSA) is 12.0 Å². The highest BCUT2D eigenvalue weighted by Crippen LogP contribution is 2.48. The van der Waals surface area contributed by atoms with Crippen molar-refractivity contribution in [2.45, 2.75) is 9.96 Å². The van der Waals surface area contributed by atoms with E-state index >= 15 is 0 Å². The average Bonchev–Trinajstić information content (AvgIpc) is 2.16. The van der Waals surface area contributed by atoms with Crippen LogP contribution in [0.15, 0.2) is 24.3 Å². The van der Waals surface area contributed by atoms with Gasteiger partial charge in [0.15, 0.2) is 0 Å². The van der Waals surface area contributed by atoms with Crippen LogP contribution in [0.5, 0.6) is 0 Å². The van der Waals surface area contributed by atoms with Crippen molar-refractivity contribution in [1.29, 1.82) is 0 Å². The van der Waals surface area contributed by atoms with Crippen LogP contribution < -0.4 is 5.32 Å². The lowest BCUT2D eigenvalue weighted by atomic mass is 10.1. The maximum Gasteiger partial charge on any atom is 0.330 e. The lowest BCUT2D eigenvalue weighted by molar-refractivity contribution is -0.0583. The fourth-order valence-electron chi connectivity index (χ4n) is 1.01. The summed E-state index contributed by atoms with van der Waals surface area (Å²) in [4.78, 5) is 0. The molecule has 84 valence electrons. The second-order valence-corrected chi connectivity index (χ2v) is 4.97. The van der Waals surface area contributed by atoms with Gasteiger partial charge in [-0.05, 0) is 28.1 Å². The van der Waals surface area contributed by atoms with Crippen LogP contribution in [0.4, 0.5) is 18.9 Å². The maximum absolute atomic E-state index is 13.3. The van der Waals surface area contributed by atoms with Gasteiger partial charge in [0.25, 0.3) is 0 Å². The van der Waals surface area contributed by atoms with Crippen LogP contribution in [-0.2, 0) is 5.92 Å². The molecule has 0 bridgehead atoms. The van der Waals surface area contributed by atoms with Crippen molar-refractivity contribution in [1.82, 2.24) is 0 Å². The summed E-state index contributed by atoms with van der Waals surface area (Å²) in [5, 5.41) is 2.76. The first-order valence-electron chi connectivity index (χ1n) is 4.02. The summed E-state index contributed by atoms with van der Waals surface area (Å²) >= 11 is 7.02. The number of hydrogen-bond acceptors (Lipinski definition) is 1. The monoisotopic (exact) mass is 301 g/mol. The van der Waals surface area contributed by atoms with Crippen molar-refractivity contribution < 1.29 is 13.2 Å². The third kappa shape index (κ3) is 2.58. The highest BCUT2D eigenvalue weighted by atomic mass is 79.9. The quantitative estimate of drug-likeness (QED) is 0.830. The summed E-state index contributed by atoms with van der Waals surface area (Å²) in [6.07, 6.45) is 0. The molecule has 1 unspecified atom stereocenters. The first-order valence-corrected chi connectivity index (χ1v) is 5.19. The Balaban J connectivity index is 3.06. The second-order valence-electron chi connectivity index (χ2n) is 2.90. The van der Waals surface area contributed by atoms with Crippen LogP contribution in [0.25, 0.3) is 0 Å². The summed E-state index contributed by atoms with van der Waals surface area (Å²) in [6, 6.07) is 5.06. The van der Waals surface area contributed by atoms with Crippen molar-refractivity contribution in [2.75, 3.05) is 12.4 Å². The molecular formula is C9H8BrClF3N. The lowest BCUT2D eigenvalue weighted by Gasteiger charge is -2.23. The predicted octanol–water partition coefficient (Wildman–Crippen LogP) is 4.08. The van der Waals surface area contributed by atoms with Crippen LogP contribution in [0.1, 0.15) is 5.56 Å². The molecule has 1 nitrogen and oxygen atoms in total. The molecule has 0 spiro atoms. The molecule has 0 aromatic heterocycles. The third-order valence-corrected chi connectivity index (χ3v) is 2.63. The van der Waals surface area contributed by atoms with Crippen LogP contribution >= 0.6 is 27.5 Å². The van der Waals surface area contributed by atoms with Gasteiger partial charge in [-0.25, -0.2) is 4.39 Å². The molecule has 1 aromatic rings. The van der Waals surface area contributed by atoms with Crippen molar-refractivity contribution >= 4 is 33.2 Å². The zero-order valence-electron chi connectivity index (χ0n) is 7.70. The predicted molar refractivity (Wildman–Crippen MR) is 58.5 cm³/mol. The van der Waals surface area contributed by atoms with Gasteiger partial charge in [0, 0.05) is 18.3 Å². The van der Waals surface area contributed by atoms with E-state index in [0.717, 1.165) is 12.1 Å². The molecular weight excluding hydrogens is 294 g/mol. The number of hydrogen-bond donors (Lipinski definition) is 1. The Bertz CT molecular complexity index is 334. The smallest absolute Gasteiger partial charge is 0.330 e. The van der Waals surface area contributed by atoms with Crippen molar-refractivity contribution in [2.24, 2.45) is 0 Å². The Morgan fingerprint density at radius 3 is 2.00 bits per heavy atom. The fraction of sp³-hybridized carbons (Fsp3) is 0.333. The largest absolute Gasteiger partial charge is 0.388 e. The minimum atomic E-state index is -3.79.